The van der Waals surface area contributed by atoms with Gasteiger partial charge in [-0.15, -0.1) is 0 Å². The van der Waals surface area contributed by atoms with E-state index in [-0.39, 0.29) is 22.4 Å². The van der Waals surface area contributed by atoms with Gasteiger partial charge in [-0.25, -0.2) is 4.79 Å². The zero-order valence-electron chi connectivity index (χ0n) is 9.30. The van der Waals surface area contributed by atoms with Crippen molar-refractivity contribution in [3.63, 3.8) is 0 Å². The lowest BCUT2D eigenvalue weighted by atomic mass is 10.0. The Morgan fingerprint density at radius 3 is 2.76 bits per heavy atom. The van der Waals surface area contributed by atoms with E-state index in [1.54, 1.807) is 0 Å². The molecular weight excluding hydrogens is 263 g/mol. The molecule has 1 heterocycles. The number of carbonyl (C=O) groups excluding carboxylic acids is 1. The highest BCUT2D eigenvalue weighted by atomic mass is 35.5. The molecule has 1 N–H and O–H groups in total. The maximum atomic E-state index is 11.7. The lowest BCUT2D eigenvalue weighted by Crippen LogP contribution is -1.98. The molecule has 1 aliphatic heterocycles. The Kier molecular flexibility index (Phi) is 3.50. The van der Waals surface area contributed by atoms with Gasteiger partial charge in [-0.2, -0.15) is 0 Å². The van der Waals surface area contributed by atoms with Gasteiger partial charge in [-0.3, -0.25) is 0 Å². The van der Waals surface area contributed by atoms with Crippen LogP contribution in [0.2, 0.25) is 10.0 Å². The molecule has 3 nitrogen and oxygen atoms in total. The number of unbranched alkanes of at least 4 members (excludes halogenated alkanes) is 1. The number of benzene rings is 1. The second-order valence-electron chi connectivity index (χ2n) is 4.01. The van der Waals surface area contributed by atoms with Gasteiger partial charge in [0.05, 0.1) is 10.0 Å². The zero-order chi connectivity index (χ0) is 12.6. The van der Waals surface area contributed by atoms with Crippen LogP contribution in [0.4, 0.5) is 0 Å². The smallest absolute Gasteiger partial charge is 0.343 e. The molecule has 0 amide bonds. The number of rotatable bonds is 3. The largest absolute Gasteiger partial charge is 0.505 e. The molecule has 1 aromatic carbocycles. The summed E-state index contributed by atoms with van der Waals surface area (Å²) < 4.78 is 5.21. The average molecular weight is 275 g/mol. The maximum Gasteiger partial charge on any atom is 0.343 e. The lowest BCUT2D eigenvalue weighted by Gasteiger charge is -2.11. The molecule has 2 rings (SSSR count). The molecule has 0 aliphatic carbocycles. The molecule has 1 unspecified atom stereocenters. The second kappa shape index (κ2) is 4.75. The first kappa shape index (κ1) is 12.5. The average Bonchev–Trinajstić information content (AvgIpc) is 2.61. The van der Waals surface area contributed by atoms with Crippen LogP contribution >= 0.6 is 23.2 Å². The van der Waals surface area contributed by atoms with Gasteiger partial charge in [-0.1, -0.05) is 36.5 Å². The van der Waals surface area contributed by atoms with E-state index in [0.29, 0.717) is 17.0 Å². The quantitative estimate of drug-likeness (QED) is 0.845. The van der Waals surface area contributed by atoms with Crippen LogP contribution in [-0.2, 0) is 4.74 Å². The van der Waals surface area contributed by atoms with E-state index in [1.807, 2.05) is 0 Å². The molecular formula is C12H12Cl2O3. The Morgan fingerprint density at radius 1 is 1.41 bits per heavy atom. The number of phenolic OH excluding ortho intramolecular Hbond substituents is 1. The number of cyclic esters (lactones) is 1. The molecule has 5 heteroatoms. The summed E-state index contributed by atoms with van der Waals surface area (Å²) in [6, 6.07) is 1.44. The van der Waals surface area contributed by atoms with E-state index >= 15 is 0 Å². The molecule has 0 saturated heterocycles. The summed E-state index contributed by atoms with van der Waals surface area (Å²) in [5.41, 5.74) is 0.676. The Hall–Kier alpha value is -0.930. The Labute approximate surface area is 109 Å². The monoisotopic (exact) mass is 274 g/mol. The summed E-state index contributed by atoms with van der Waals surface area (Å²) in [6.45, 7) is 2.05. The molecule has 0 bridgehead atoms. The number of hydrogen-bond donors (Lipinski definition) is 1. The van der Waals surface area contributed by atoms with Crippen LogP contribution < -0.4 is 0 Å². The summed E-state index contributed by atoms with van der Waals surface area (Å²) in [6.07, 6.45) is 2.27. The lowest BCUT2D eigenvalue weighted by molar-refractivity contribution is 0.0363. The fraction of sp³-hybridized carbons (Fsp3) is 0.417. The number of phenols is 1. The number of aromatic hydroxyl groups is 1. The summed E-state index contributed by atoms with van der Waals surface area (Å²) in [4.78, 5) is 11.7. The van der Waals surface area contributed by atoms with Gasteiger partial charge in [0.1, 0.15) is 17.4 Å². The number of ether oxygens (including phenoxy) is 1. The van der Waals surface area contributed by atoms with Crippen LogP contribution in [0.3, 0.4) is 0 Å². The first-order valence-electron chi connectivity index (χ1n) is 5.48. The predicted octanol–water partition coefficient (Wildman–Crippen LogP) is 4.10. The van der Waals surface area contributed by atoms with E-state index in [9.17, 15) is 9.90 Å². The Bertz CT molecular complexity index is 471. The minimum Gasteiger partial charge on any atom is -0.505 e. The van der Waals surface area contributed by atoms with E-state index in [4.69, 9.17) is 27.9 Å². The number of hydrogen-bond acceptors (Lipinski definition) is 3. The Balaban J connectivity index is 2.47. The highest BCUT2D eigenvalue weighted by molar-refractivity contribution is 6.37. The molecule has 1 aliphatic rings. The van der Waals surface area contributed by atoms with Gasteiger partial charge < -0.3 is 9.84 Å². The third kappa shape index (κ3) is 2.09. The van der Waals surface area contributed by atoms with Gasteiger partial charge in [-0.05, 0) is 18.9 Å². The fourth-order valence-corrected chi connectivity index (χ4v) is 2.57. The number of halogens is 2. The summed E-state index contributed by atoms with van der Waals surface area (Å²) >= 11 is 11.8. The zero-order valence-corrected chi connectivity index (χ0v) is 10.8. The molecule has 17 heavy (non-hydrogen) atoms. The van der Waals surface area contributed by atoms with Crippen molar-refractivity contribution in [3.05, 3.63) is 27.2 Å². The normalized spacial score (nSPS) is 18.1. The summed E-state index contributed by atoms with van der Waals surface area (Å²) in [7, 11) is 0. The minimum absolute atomic E-state index is 0.0711. The van der Waals surface area contributed by atoms with Crippen molar-refractivity contribution in [2.75, 3.05) is 0 Å². The minimum atomic E-state index is -0.553. The fourth-order valence-electron chi connectivity index (χ4n) is 1.99. The SMILES string of the molecule is CCCCC1OC(=O)c2c(O)c(Cl)cc(Cl)c21. The third-order valence-corrected chi connectivity index (χ3v) is 3.44. The van der Waals surface area contributed by atoms with Crippen molar-refractivity contribution in [1.29, 1.82) is 0 Å². The van der Waals surface area contributed by atoms with Crippen LogP contribution in [0.25, 0.3) is 0 Å². The van der Waals surface area contributed by atoms with E-state index in [0.717, 1.165) is 12.8 Å². The molecule has 92 valence electrons. The van der Waals surface area contributed by atoms with Crippen molar-refractivity contribution in [2.24, 2.45) is 0 Å². The highest BCUT2D eigenvalue weighted by Gasteiger charge is 2.36. The summed E-state index contributed by atoms with van der Waals surface area (Å²) in [5, 5.41) is 10.2. The standard InChI is InChI=1S/C12H12Cl2O3/c1-2-3-4-8-9-6(13)5-7(14)11(15)10(9)12(16)17-8/h5,8,15H,2-4H2,1H3. The molecule has 0 spiro atoms. The van der Waals surface area contributed by atoms with Crippen LogP contribution in [-0.4, -0.2) is 11.1 Å². The number of carbonyl (C=O) groups is 1. The Morgan fingerprint density at radius 2 is 2.12 bits per heavy atom. The van der Waals surface area contributed by atoms with Crippen molar-refractivity contribution < 1.29 is 14.6 Å². The van der Waals surface area contributed by atoms with Crippen LogP contribution in [0.5, 0.6) is 5.75 Å². The first-order valence-corrected chi connectivity index (χ1v) is 6.23. The van der Waals surface area contributed by atoms with Crippen LogP contribution in [0, 0.1) is 0 Å². The molecule has 1 aromatic rings. The topological polar surface area (TPSA) is 46.5 Å². The van der Waals surface area contributed by atoms with Gasteiger partial charge in [0.2, 0.25) is 0 Å². The van der Waals surface area contributed by atoms with Crippen molar-refractivity contribution in [1.82, 2.24) is 0 Å². The van der Waals surface area contributed by atoms with Crippen molar-refractivity contribution in [2.45, 2.75) is 32.3 Å². The summed E-state index contributed by atoms with van der Waals surface area (Å²) in [5.74, 6) is -0.793. The van der Waals surface area contributed by atoms with Crippen molar-refractivity contribution in [3.8, 4) is 5.75 Å². The van der Waals surface area contributed by atoms with Gasteiger partial charge in [0.15, 0.2) is 0 Å². The van der Waals surface area contributed by atoms with Gasteiger partial charge >= 0.3 is 5.97 Å². The molecule has 0 aromatic heterocycles. The predicted molar refractivity (Wildman–Crippen MR) is 65.8 cm³/mol. The van der Waals surface area contributed by atoms with Gasteiger partial charge in [0.25, 0.3) is 0 Å². The maximum absolute atomic E-state index is 11.7. The van der Waals surface area contributed by atoms with Crippen LogP contribution in [0.15, 0.2) is 6.07 Å². The van der Waals surface area contributed by atoms with E-state index in [2.05, 4.69) is 6.92 Å². The van der Waals surface area contributed by atoms with E-state index in [1.165, 1.54) is 6.07 Å². The number of esters is 1. The highest BCUT2D eigenvalue weighted by Crippen LogP contribution is 2.45. The first-order chi connectivity index (χ1) is 8.06. The third-order valence-electron chi connectivity index (χ3n) is 2.84. The van der Waals surface area contributed by atoms with Crippen molar-refractivity contribution >= 4 is 29.2 Å². The number of fused-ring (bicyclic) bond motifs is 1. The van der Waals surface area contributed by atoms with Crippen LogP contribution in [0.1, 0.15) is 48.2 Å². The molecule has 0 saturated carbocycles. The molecule has 1 atom stereocenters. The molecule has 0 fully saturated rings. The second-order valence-corrected chi connectivity index (χ2v) is 4.83. The van der Waals surface area contributed by atoms with E-state index < -0.39 is 5.97 Å². The van der Waals surface area contributed by atoms with Gasteiger partial charge in [0, 0.05) is 5.56 Å². The molecule has 0 radical (unpaired) electrons.